The molecule has 1 saturated heterocycles. The van der Waals surface area contributed by atoms with Crippen LogP contribution >= 0.6 is 0 Å². The highest BCUT2D eigenvalue weighted by atomic mass is 32.2. The molecule has 1 aliphatic rings. The Hall–Kier alpha value is -2.67. The standard InChI is InChI=1S/C22H30N4O6S2/c1-4-32-20-11-7-19(8-12-20)24-33(28,29)21-13-9-18(10-14-21)23-22(27)17-6-5-15-26(16-17)34(30,31)25(2)3/h7-14,17,24H,4-6,15-16H2,1-3H3,(H,23,27)/t17-/m1/s1. The van der Waals surface area contributed by atoms with Crippen molar-refractivity contribution in [3.63, 3.8) is 0 Å². The topological polar surface area (TPSA) is 125 Å². The molecule has 34 heavy (non-hydrogen) atoms. The lowest BCUT2D eigenvalue weighted by Crippen LogP contribution is -2.47. The van der Waals surface area contributed by atoms with Crippen molar-refractivity contribution < 1.29 is 26.4 Å². The van der Waals surface area contributed by atoms with Gasteiger partial charge in [-0.1, -0.05) is 0 Å². The van der Waals surface area contributed by atoms with Crippen LogP contribution in [0.2, 0.25) is 0 Å². The Labute approximate surface area is 201 Å². The Bertz CT molecular complexity index is 1200. The summed E-state index contributed by atoms with van der Waals surface area (Å²) in [5, 5.41) is 2.76. The van der Waals surface area contributed by atoms with Gasteiger partial charge >= 0.3 is 0 Å². The summed E-state index contributed by atoms with van der Waals surface area (Å²) in [4.78, 5) is 12.8. The van der Waals surface area contributed by atoms with Gasteiger partial charge in [-0.3, -0.25) is 9.52 Å². The number of piperidine rings is 1. The highest BCUT2D eigenvalue weighted by molar-refractivity contribution is 7.92. The first-order chi connectivity index (χ1) is 16.0. The minimum absolute atomic E-state index is 0.0419. The molecule has 1 aliphatic heterocycles. The zero-order valence-corrected chi connectivity index (χ0v) is 21.0. The monoisotopic (exact) mass is 510 g/mol. The molecular weight excluding hydrogens is 480 g/mol. The summed E-state index contributed by atoms with van der Waals surface area (Å²) in [6, 6.07) is 12.4. The molecule has 3 rings (SSSR count). The Kier molecular flexibility index (Phi) is 8.18. The summed E-state index contributed by atoms with van der Waals surface area (Å²) in [6.07, 6.45) is 1.16. The molecule has 1 amide bonds. The first-order valence-electron chi connectivity index (χ1n) is 10.9. The van der Waals surface area contributed by atoms with Gasteiger partial charge in [0.2, 0.25) is 5.91 Å². The van der Waals surface area contributed by atoms with Crippen LogP contribution in [0.1, 0.15) is 19.8 Å². The lowest BCUT2D eigenvalue weighted by Gasteiger charge is -2.32. The molecule has 0 radical (unpaired) electrons. The number of rotatable bonds is 9. The molecule has 0 aliphatic carbocycles. The molecule has 2 N–H and O–H groups in total. The van der Waals surface area contributed by atoms with Crippen LogP contribution in [0.5, 0.6) is 5.75 Å². The third-order valence-electron chi connectivity index (χ3n) is 5.39. The quantitative estimate of drug-likeness (QED) is 0.534. The van der Waals surface area contributed by atoms with E-state index in [1.807, 2.05) is 6.92 Å². The van der Waals surface area contributed by atoms with Gasteiger partial charge in [-0.05, 0) is 68.3 Å². The van der Waals surface area contributed by atoms with E-state index in [9.17, 15) is 21.6 Å². The summed E-state index contributed by atoms with van der Waals surface area (Å²) in [6.45, 7) is 2.85. The van der Waals surface area contributed by atoms with Crippen LogP contribution < -0.4 is 14.8 Å². The van der Waals surface area contributed by atoms with Crippen LogP contribution in [0.25, 0.3) is 0 Å². The van der Waals surface area contributed by atoms with Crippen LogP contribution in [0.4, 0.5) is 11.4 Å². The Morgan fingerprint density at radius 3 is 2.24 bits per heavy atom. The molecule has 1 heterocycles. The number of carbonyl (C=O) groups excluding carboxylic acids is 1. The minimum atomic E-state index is -3.82. The van der Waals surface area contributed by atoms with E-state index in [-0.39, 0.29) is 17.3 Å². The maximum absolute atomic E-state index is 12.7. The van der Waals surface area contributed by atoms with Gasteiger partial charge in [0, 0.05) is 38.6 Å². The predicted octanol–water partition coefficient (Wildman–Crippen LogP) is 2.34. The smallest absolute Gasteiger partial charge is 0.281 e. The number of nitrogens with one attached hydrogen (secondary N) is 2. The molecule has 0 bridgehead atoms. The average molecular weight is 511 g/mol. The van der Waals surface area contributed by atoms with Gasteiger partial charge in [0.25, 0.3) is 20.2 Å². The van der Waals surface area contributed by atoms with E-state index in [1.54, 1.807) is 24.3 Å². The van der Waals surface area contributed by atoms with Gasteiger partial charge in [-0.25, -0.2) is 8.42 Å². The van der Waals surface area contributed by atoms with Crippen molar-refractivity contribution in [2.75, 3.05) is 43.8 Å². The summed E-state index contributed by atoms with van der Waals surface area (Å²) < 4.78 is 60.4. The minimum Gasteiger partial charge on any atom is -0.494 e. The highest BCUT2D eigenvalue weighted by Crippen LogP contribution is 2.24. The first kappa shape index (κ1) is 25.9. The predicted molar refractivity (Wildman–Crippen MR) is 130 cm³/mol. The maximum atomic E-state index is 12.7. The lowest BCUT2D eigenvalue weighted by molar-refractivity contribution is -0.120. The molecule has 0 saturated carbocycles. The van der Waals surface area contributed by atoms with Crippen molar-refractivity contribution in [3.05, 3.63) is 48.5 Å². The fraction of sp³-hybridized carbons (Fsp3) is 0.409. The van der Waals surface area contributed by atoms with Gasteiger partial charge in [0.1, 0.15) is 5.75 Å². The SMILES string of the molecule is CCOc1ccc(NS(=O)(=O)c2ccc(NC(=O)[C@@H]3CCCN(S(=O)(=O)N(C)C)C3)cc2)cc1. The zero-order chi connectivity index (χ0) is 24.9. The van der Waals surface area contributed by atoms with E-state index in [4.69, 9.17) is 4.74 Å². The maximum Gasteiger partial charge on any atom is 0.281 e. The molecule has 0 unspecified atom stereocenters. The molecule has 2 aromatic carbocycles. The Morgan fingerprint density at radius 1 is 1.03 bits per heavy atom. The third-order valence-corrected chi connectivity index (χ3v) is 8.70. The largest absolute Gasteiger partial charge is 0.494 e. The van der Waals surface area contributed by atoms with Crippen LogP contribution in [0.3, 0.4) is 0 Å². The van der Waals surface area contributed by atoms with Gasteiger partial charge in [-0.2, -0.15) is 17.0 Å². The number of benzene rings is 2. The van der Waals surface area contributed by atoms with E-state index in [2.05, 4.69) is 10.0 Å². The van der Waals surface area contributed by atoms with E-state index in [0.717, 1.165) is 4.31 Å². The zero-order valence-electron chi connectivity index (χ0n) is 19.4. The van der Waals surface area contributed by atoms with Crippen molar-refractivity contribution in [1.82, 2.24) is 8.61 Å². The second-order valence-electron chi connectivity index (χ2n) is 8.06. The summed E-state index contributed by atoms with van der Waals surface area (Å²) in [5.74, 6) is -0.152. The molecule has 1 fully saturated rings. The van der Waals surface area contributed by atoms with Gasteiger partial charge in [-0.15, -0.1) is 0 Å². The first-order valence-corrected chi connectivity index (χ1v) is 13.7. The fourth-order valence-corrected chi connectivity index (χ4v) is 5.81. The number of carbonyl (C=O) groups is 1. The molecule has 0 aromatic heterocycles. The normalized spacial score (nSPS) is 17.4. The van der Waals surface area contributed by atoms with Crippen LogP contribution in [-0.2, 0) is 25.0 Å². The number of ether oxygens (including phenoxy) is 1. The van der Waals surface area contributed by atoms with Crippen molar-refractivity contribution in [3.8, 4) is 5.75 Å². The fourth-order valence-electron chi connectivity index (χ4n) is 3.56. The Balaban J connectivity index is 1.63. The summed E-state index contributed by atoms with van der Waals surface area (Å²) in [5.41, 5.74) is 0.827. The van der Waals surface area contributed by atoms with Crippen molar-refractivity contribution in [2.24, 2.45) is 5.92 Å². The lowest BCUT2D eigenvalue weighted by atomic mass is 9.99. The highest BCUT2D eigenvalue weighted by Gasteiger charge is 2.33. The van der Waals surface area contributed by atoms with Gasteiger partial charge < -0.3 is 10.1 Å². The number of hydrogen-bond acceptors (Lipinski definition) is 6. The van der Waals surface area contributed by atoms with Crippen LogP contribution in [-0.4, -0.2) is 65.1 Å². The molecule has 12 heteroatoms. The number of amides is 1. The number of anilines is 2. The van der Waals surface area contributed by atoms with Gasteiger partial charge in [0.05, 0.1) is 17.4 Å². The van der Waals surface area contributed by atoms with Crippen molar-refractivity contribution in [2.45, 2.75) is 24.7 Å². The van der Waals surface area contributed by atoms with Crippen molar-refractivity contribution in [1.29, 1.82) is 0 Å². The van der Waals surface area contributed by atoms with Crippen LogP contribution in [0.15, 0.2) is 53.4 Å². The number of hydrogen-bond donors (Lipinski definition) is 2. The number of sulfonamides is 1. The summed E-state index contributed by atoms with van der Waals surface area (Å²) >= 11 is 0. The Morgan fingerprint density at radius 2 is 1.65 bits per heavy atom. The molecule has 2 aromatic rings. The molecule has 1 atom stereocenters. The molecular formula is C22H30N4O6S2. The van der Waals surface area contributed by atoms with Crippen LogP contribution in [0, 0.1) is 5.92 Å². The third kappa shape index (κ3) is 6.26. The van der Waals surface area contributed by atoms with Gasteiger partial charge in [0.15, 0.2) is 0 Å². The van der Waals surface area contributed by atoms with E-state index in [1.165, 1.54) is 42.7 Å². The number of nitrogens with zero attached hydrogens (tertiary/aromatic N) is 2. The van der Waals surface area contributed by atoms with E-state index < -0.39 is 26.2 Å². The molecule has 10 nitrogen and oxygen atoms in total. The van der Waals surface area contributed by atoms with E-state index in [0.29, 0.717) is 43.1 Å². The van der Waals surface area contributed by atoms with Crippen molar-refractivity contribution >= 4 is 37.5 Å². The van der Waals surface area contributed by atoms with E-state index >= 15 is 0 Å². The second-order valence-corrected chi connectivity index (χ2v) is 11.9. The average Bonchev–Trinajstić information content (AvgIpc) is 2.80. The second kappa shape index (κ2) is 10.7. The molecule has 0 spiro atoms. The molecule has 186 valence electrons. The summed E-state index contributed by atoms with van der Waals surface area (Å²) in [7, 11) is -4.49.